The molecule has 2 N–H and O–H groups in total. The van der Waals surface area contributed by atoms with E-state index in [1.165, 1.54) is 0 Å². The van der Waals surface area contributed by atoms with Crippen molar-refractivity contribution >= 4 is 17.8 Å². The van der Waals surface area contributed by atoms with E-state index in [0.29, 0.717) is 0 Å². The Balaban J connectivity index is 2.85. The first-order chi connectivity index (χ1) is 8.24. The molecule has 0 saturated heterocycles. The highest BCUT2D eigenvalue weighted by atomic mass is 14.6. The van der Waals surface area contributed by atoms with E-state index in [2.05, 4.69) is 13.2 Å². The van der Waals surface area contributed by atoms with E-state index in [9.17, 15) is 0 Å². The number of benzene rings is 2. The minimum Gasteiger partial charge on any atom is -0.398 e. The number of rotatable bonds is 2. The molecule has 0 amide bonds. The lowest BCUT2D eigenvalue weighted by atomic mass is 10.0. The van der Waals surface area contributed by atoms with E-state index in [-0.39, 0.29) is 0 Å². The first-order valence-electron chi connectivity index (χ1n) is 5.49. The van der Waals surface area contributed by atoms with E-state index in [1.807, 2.05) is 54.6 Å². The number of nitrogens with two attached hydrogens (primary N) is 1. The summed E-state index contributed by atoms with van der Waals surface area (Å²) < 4.78 is 0. The van der Waals surface area contributed by atoms with E-state index < -0.39 is 0 Å². The predicted octanol–water partition coefficient (Wildman–Crippen LogP) is 2.06. The fourth-order valence-electron chi connectivity index (χ4n) is 1.89. The molecule has 2 rings (SSSR count). The molecule has 17 heavy (non-hydrogen) atoms. The molecule has 0 aromatic heterocycles. The fraction of sp³-hybridized carbons (Fsp3) is 0. The topological polar surface area (TPSA) is 26.0 Å². The van der Waals surface area contributed by atoms with Crippen LogP contribution in [-0.4, -0.2) is 0 Å². The molecule has 2 aromatic rings. The van der Waals surface area contributed by atoms with Gasteiger partial charge in [0.1, 0.15) is 0 Å². The summed E-state index contributed by atoms with van der Waals surface area (Å²) >= 11 is 0. The zero-order chi connectivity index (χ0) is 12.3. The van der Waals surface area contributed by atoms with Crippen LogP contribution in [0.2, 0.25) is 0 Å². The second kappa shape index (κ2) is 4.71. The lowest BCUT2D eigenvalue weighted by Gasteiger charge is -2.06. The predicted molar refractivity (Wildman–Crippen MR) is 74.8 cm³/mol. The van der Waals surface area contributed by atoms with Gasteiger partial charge in [-0.2, -0.15) is 0 Å². The lowest BCUT2D eigenvalue weighted by molar-refractivity contribution is 1.48. The third-order valence-corrected chi connectivity index (χ3v) is 2.76. The van der Waals surface area contributed by atoms with Crippen LogP contribution in [0.15, 0.2) is 61.2 Å². The van der Waals surface area contributed by atoms with Crippen LogP contribution in [0.1, 0.15) is 5.56 Å². The molecule has 0 radical (unpaired) electrons. The van der Waals surface area contributed by atoms with Gasteiger partial charge in [0.25, 0.3) is 0 Å². The minimum absolute atomic E-state index is 0.755. The van der Waals surface area contributed by atoms with Crippen LogP contribution in [0.25, 0.3) is 12.2 Å². The summed E-state index contributed by atoms with van der Waals surface area (Å²) in [5, 5.41) is 2.05. The zero-order valence-electron chi connectivity index (χ0n) is 9.69. The van der Waals surface area contributed by atoms with Crippen molar-refractivity contribution in [3.63, 3.8) is 0 Å². The molecule has 0 aliphatic heterocycles. The fourth-order valence-corrected chi connectivity index (χ4v) is 1.89. The number of hydrogen-bond donors (Lipinski definition) is 1. The van der Waals surface area contributed by atoms with Gasteiger partial charge in [-0.1, -0.05) is 61.7 Å². The molecule has 1 nitrogen and oxygen atoms in total. The standard InChI is InChI=1S/C16H15N/c1-3-13(14-9-5-4-8-12(14)2)15-10-6-7-11-16(15)17/h3-11H,1-2,17H2/b14-13+. The van der Waals surface area contributed by atoms with Crippen molar-refractivity contribution in [1.29, 1.82) is 0 Å². The van der Waals surface area contributed by atoms with E-state index in [0.717, 1.165) is 27.3 Å². The Bertz CT molecular complexity index is 653. The Morgan fingerprint density at radius 3 is 2.29 bits per heavy atom. The highest BCUT2D eigenvalue weighted by molar-refractivity contribution is 5.80. The Labute approximate surface area is 101 Å². The van der Waals surface area contributed by atoms with Gasteiger partial charge in [-0.3, -0.25) is 0 Å². The SMILES string of the molecule is C=C/C(c1ccccc1N)=c1/ccccc1=C. The van der Waals surface area contributed by atoms with Gasteiger partial charge in [0.15, 0.2) is 0 Å². The normalized spacial score (nSPS) is 12.0. The van der Waals surface area contributed by atoms with Gasteiger partial charge in [-0.25, -0.2) is 0 Å². The van der Waals surface area contributed by atoms with Crippen molar-refractivity contribution in [2.75, 3.05) is 5.73 Å². The molecule has 2 aromatic carbocycles. The first-order valence-corrected chi connectivity index (χ1v) is 5.49. The monoisotopic (exact) mass is 221 g/mol. The van der Waals surface area contributed by atoms with Gasteiger partial charge in [-0.05, 0) is 22.1 Å². The summed E-state index contributed by atoms with van der Waals surface area (Å²) in [4.78, 5) is 0. The van der Waals surface area contributed by atoms with Gasteiger partial charge in [-0.15, -0.1) is 0 Å². The highest BCUT2D eigenvalue weighted by Gasteiger charge is 2.02. The second-order valence-electron chi connectivity index (χ2n) is 3.86. The van der Waals surface area contributed by atoms with Gasteiger partial charge in [0, 0.05) is 11.3 Å². The van der Waals surface area contributed by atoms with E-state index in [1.54, 1.807) is 0 Å². The minimum atomic E-state index is 0.755. The molecule has 0 aliphatic carbocycles. The maximum Gasteiger partial charge on any atom is 0.0393 e. The third kappa shape index (κ3) is 2.13. The molecule has 84 valence electrons. The molecule has 0 unspecified atom stereocenters. The summed E-state index contributed by atoms with van der Waals surface area (Å²) in [5.74, 6) is 0. The maximum atomic E-state index is 6.00. The van der Waals surface area contributed by atoms with Gasteiger partial charge in [0.05, 0.1) is 0 Å². The zero-order valence-corrected chi connectivity index (χ0v) is 9.69. The van der Waals surface area contributed by atoms with Crippen LogP contribution in [0.4, 0.5) is 5.69 Å². The van der Waals surface area contributed by atoms with Gasteiger partial charge in [0.2, 0.25) is 0 Å². The molecular formula is C16H15N. The van der Waals surface area contributed by atoms with Crippen molar-refractivity contribution in [3.8, 4) is 0 Å². The van der Waals surface area contributed by atoms with E-state index >= 15 is 0 Å². The Kier molecular flexibility index (Phi) is 3.10. The average Bonchev–Trinajstić information content (AvgIpc) is 2.34. The van der Waals surface area contributed by atoms with Crippen molar-refractivity contribution in [3.05, 3.63) is 77.2 Å². The quantitative estimate of drug-likeness (QED) is 0.772. The lowest BCUT2D eigenvalue weighted by Crippen LogP contribution is -2.25. The maximum absolute atomic E-state index is 6.00. The Morgan fingerprint density at radius 2 is 1.65 bits per heavy atom. The number of para-hydroxylation sites is 1. The van der Waals surface area contributed by atoms with Crippen LogP contribution < -0.4 is 16.2 Å². The summed E-state index contributed by atoms with van der Waals surface area (Å²) in [7, 11) is 0. The highest BCUT2D eigenvalue weighted by Crippen LogP contribution is 2.18. The first kappa shape index (κ1) is 11.2. The number of nitrogen functional groups attached to an aromatic ring is 1. The van der Waals surface area contributed by atoms with Crippen molar-refractivity contribution < 1.29 is 0 Å². The van der Waals surface area contributed by atoms with Crippen molar-refractivity contribution in [2.24, 2.45) is 0 Å². The molecule has 1 heteroatoms. The van der Waals surface area contributed by atoms with Crippen LogP contribution in [0, 0.1) is 0 Å². The molecule has 0 fully saturated rings. The smallest absolute Gasteiger partial charge is 0.0393 e. The summed E-state index contributed by atoms with van der Waals surface area (Å²) in [6, 6.07) is 15.8. The second-order valence-corrected chi connectivity index (χ2v) is 3.86. The van der Waals surface area contributed by atoms with Crippen LogP contribution in [-0.2, 0) is 0 Å². The van der Waals surface area contributed by atoms with Crippen molar-refractivity contribution in [2.45, 2.75) is 0 Å². The number of allylic oxidation sites excluding steroid dienone is 1. The molecule has 0 atom stereocenters. The molecule has 0 aliphatic rings. The van der Waals surface area contributed by atoms with Crippen LogP contribution >= 0.6 is 0 Å². The number of anilines is 1. The molecule has 0 spiro atoms. The molecule has 0 bridgehead atoms. The Morgan fingerprint density at radius 1 is 1.00 bits per heavy atom. The summed E-state index contributed by atoms with van der Waals surface area (Å²) in [5.41, 5.74) is 8.77. The molecular weight excluding hydrogens is 206 g/mol. The van der Waals surface area contributed by atoms with E-state index in [4.69, 9.17) is 5.73 Å². The third-order valence-electron chi connectivity index (χ3n) is 2.76. The Hall–Kier alpha value is -2.28. The van der Waals surface area contributed by atoms with Crippen LogP contribution in [0.3, 0.4) is 0 Å². The molecule has 0 saturated carbocycles. The van der Waals surface area contributed by atoms with Crippen molar-refractivity contribution in [1.82, 2.24) is 0 Å². The van der Waals surface area contributed by atoms with Crippen LogP contribution in [0.5, 0.6) is 0 Å². The summed E-state index contributed by atoms with van der Waals surface area (Å²) in [6.45, 7) is 7.91. The average molecular weight is 221 g/mol. The summed E-state index contributed by atoms with van der Waals surface area (Å²) in [6.07, 6.45) is 1.83. The van der Waals surface area contributed by atoms with Gasteiger partial charge < -0.3 is 5.73 Å². The number of hydrogen-bond acceptors (Lipinski definition) is 1. The largest absolute Gasteiger partial charge is 0.398 e. The molecule has 0 heterocycles. The van der Waals surface area contributed by atoms with Gasteiger partial charge >= 0.3 is 0 Å².